The Bertz CT molecular complexity index is 520. The lowest BCUT2D eigenvalue weighted by atomic mass is 10.2. The fourth-order valence-corrected chi connectivity index (χ4v) is 1.66. The molecule has 0 spiro atoms. The lowest BCUT2D eigenvalue weighted by Crippen LogP contribution is -2.31. The fraction of sp³-hybridized carbons (Fsp3) is 0.400. The van der Waals surface area contributed by atoms with Gasteiger partial charge in [-0.3, -0.25) is 9.59 Å². The Balaban J connectivity index is 2.51. The Morgan fingerprint density at radius 3 is 2.80 bits per heavy atom. The van der Waals surface area contributed by atoms with Crippen LogP contribution in [0.2, 0.25) is 0 Å². The summed E-state index contributed by atoms with van der Waals surface area (Å²) in [6, 6.07) is 8.59. The summed E-state index contributed by atoms with van der Waals surface area (Å²) < 4.78 is 0. The Hall–Kier alpha value is -2.35. The molecule has 0 saturated heterocycles. The molecule has 0 aliphatic rings. The van der Waals surface area contributed by atoms with Crippen molar-refractivity contribution in [2.24, 2.45) is 0 Å². The average Bonchev–Trinajstić information content (AvgIpc) is 2.44. The molecule has 1 aromatic carbocycles. The molecule has 0 radical (unpaired) electrons. The molecule has 106 valence electrons. The zero-order chi connectivity index (χ0) is 15.0. The van der Waals surface area contributed by atoms with Gasteiger partial charge in [0.1, 0.15) is 6.42 Å². The number of nitrogens with zero attached hydrogens (tertiary/aromatic N) is 2. The third kappa shape index (κ3) is 5.11. The van der Waals surface area contributed by atoms with Crippen LogP contribution in [0.3, 0.4) is 0 Å². The predicted octanol–water partition coefficient (Wildman–Crippen LogP) is 2.15. The molecule has 1 rings (SSSR count). The summed E-state index contributed by atoms with van der Waals surface area (Å²) in [6.07, 6.45) is 1.75. The number of benzene rings is 1. The average molecular weight is 273 g/mol. The predicted molar refractivity (Wildman–Crippen MR) is 76.9 cm³/mol. The lowest BCUT2D eigenvalue weighted by molar-refractivity contribution is -0.133. The van der Waals surface area contributed by atoms with Gasteiger partial charge in [-0.05, 0) is 24.6 Å². The van der Waals surface area contributed by atoms with Gasteiger partial charge in [0.2, 0.25) is 11.8 Å². The van der Waals surface area contributed by atoms with Crippen molar-refractivity contribution >= 4 is 17.5 Å². The highest BCUT2D eigenvalue weighted by Gasteiger charge is 2.13. The molecule has 1 aromatic rings. The van der Waals surface area contributed by atoms with Crippen molar-refractivity contribution in [2.75, 3.05) is 18.9 Å². The van der Waals surface area contributed by atoms with Crippen LogP contribution >= 0.6 is 0 Å². The van der Waals surface area contributed by atoms with Gasteiger partial charge in [0, 0.05) is 19.3 Å². The summed E-state index contributed by atoms with van der Waals surface area (Å²) >= 11 is 0. The molecule has 0 atom stereocenters. The van der Waals surface area contributed by atoms with E-state index in [1.54, 1.807) is 36.2 Å². The number of amides is 2. The highest BCUT2D eigenvalue weighted by Crippen LogP contribution is 2.10. The summed E-state index contributed by atoms with van der Waals surface area (Å²) in [7, 11) is 1.70. The molecule has 5 heteroatoms. The molecule has 0 fully saturated rings. The first-order valence-corrected chi connectivity index (χ1v) is 6.60. The summed E-state index contributed by atoms with van der Waals surface area (Å²) in [5.74, 6) is -0.569. The standard InChI is InChI=1S/C15H19N3O2/c1-3-4-8-18(2)15(20)10-14(19)17-13-7-5-6-12(9-13)11-16/h5-7,9H,3-4,8,10H2,1-2H3,(H,17,19). The Morgan fingerprint density at radius 2 is 2.15 bits per heavy atom. The first-order chi connectivity index (χ1) is 9.56. The number of nitriles is 1. The van der Waals surface area contributed by atoms with Crippen LogP contribution < -0.4 is 5.32 Å². The van der Waals surface area contributed by atoms with Crippen LogP contribution in [0.1, 0.15) is 31.7 Å². The van der Waals surface area contributed by atoms with E-state index in [9.17, 15) is 9.59 Å². The van der Waals surface area contributed by atoms with Gasteiger partial charge in [0.25, 0.3) is 0 Å². The van der Waals surface area contributed by atoms with Crippen LogP contribution in [0.25, 0.3) is 0 Å². The maximum atomic E-state index is 11.8. The van der Waals surface area contributed by atoms with Crippen LogP contribution in [-0.4, -0.2) is 30.3 Å². The van der Waals surface area contributed by atoms with E-state index in [0.29, 0.717) is 17.8 Å². The third-order valence-corrected chi connectivity index (χ3v) is 2.86. The summed E-state index contributed by atoms with van der Waals surface area (Å²) in [5.41, 5.74) is 0.993. The van der Waals surface area contributed by atoms with Gasteiger partial charge in [-0.25, -0.2) is 0 Å². The fourth-order valence-electron chi connectivity index (χ4n) is 1.66. The van der Waals surface area contributed by atoms with Crippen LogP contribution in [0.4, 0.5) is 5.69 Å². The maximum Gasteiger partial charge on any atom is 0.233 e. The van der Waals surface area contributed by atoms with Crippen LogP contribution in [0.15, 0.2) is 24.3 Å². The Labute approximate surface area is 119 Å². The number of rotatable bonds is 6. The monoisotopic (exact) mass is 273 g/mol. The van der Waals surface area contributed by atoms with Gasteiger partial charge in [0.05, 0.1) is 11.6 Å². The van der Waals surface area contributed by atoms with Crippen molar-refractivity contribution in [2.45, 2.75) is 26.2 Å². The molecular weight excluding hydrogens is 254 g/mol. The van der Waals surface area contributed by atoms with Crippen LogP contribution in [0.5, 0.6) is 0 Å². The summed E-state index contributed by atoms with van der Waals surface area (Å²) in [6.45, 7) is 2.71. The maximum absolute atomic E-state index is 11.8. The number of nitrogens with one attached hydrogen (secondary N) is 1. The largest absolute Gasteiger partial charge is 0.345 e. The zero-order valence-corrected chi connectivity index (χ0v) is 11.8. The normalized spacial score (nSPS) is 9.65. The van der Waals surface area contributed by atoms with Crippen molar-refractivity contribution in [3.8, 4) is 6.07 Å². The van der Waals surface area contributed by atoms with Crippen molar-refractivity contribution in [1.82, 2.24) is 4.90 Å². The molecule has 0 aliphatic carbocycles. The number of hydrogen-bond acceptors (Lipinski definition) is 3. The molecule has 0 aromatic heterocycles. The number of carbonyl (C=O) groups excluding carboxylic acids is 2. The molecule has 0 heterocycles. The summed E-state index contributed by atoms with van der Waals surface area (Å²) in [4.78, 5) is 25.1. The lowest BCUT2D eigenvalue weighted by Gasteiger charge is -2.16. The minimum Gasteiger partial charge on any atom is -0.345 e. The van der Waals surface area contributed by atoms with Crippen molar-refractivity contribution in [3.05, 3.63) is 29.8 Å². The number of unbranched alkanes of at least 4 members (excludes halogenated alkanes) is 1. The van der Waals surface area contributed by atoms with E-state index in [4.69, 9.17) is 5.26 Å². The topological polar surface area (TPSA) is 73.2 Å². The Morgan fingerprint density at radius 1 is 1.40 bits per heavy atom. The van der Waals surface area contributed by atoms with Gasteiger partial charge in [-0.2, -0.15) is 5.26 Å². The van der Waals surface area contributed by atoms with Crippen molar-refractivity contribution < 1.29 is 9.59 Å². The van der Waals surface area contributed by atoms with E-state index < -0.39 is 0 Å². The molecule has 20 heavy (non-hydrogen) atoms. The first kappa shape index (κ1) is 15.7. The van der Waals surface area contributed by atoms with E-state index >= 15 is 0 Å². The van der Waals surface area contributed by atoms with Crippen molar-refractivity contribution in [1.29, 1.82) is 5.26 Å². The number of anilines is 1. The van der Waals surface area contributed by atoms with E-state index in [0.717, 1.165) is 12.8 Å². The third-order valence-electron chi connectivity index (χ3n) is 2.86. The molecule has 5 nitrogen and oxygen atoms in total. The second-order valence-corrected chi connectivity index (χ2v) is 4.59. The first-order valence-electron chi connectivity index (χ1n) is 6.60. The minimum absolute atomic E-state index is 0.184. The molecule has 0 aliphatic heterocycles. The second-order valence-electron chi connectivity index (χ2n) is 4.59. The van der Waals surface area contributed by atoms with E-state index in [2.05, 4.69) is 5.32 Å². The van der Waals surface area contributed by atoms with Gasteiger partial charge >= 0.3 is 0 Å². The molecule has 0 saturated carbocycles. The highest BCUT2D eigenvalue weighted by atomic mass is 16.2. The van der Waals surface area contributed by atoms with E-state index in [-0.39, 0.29) is 18.2 Å². The summed E-state index contributed by atoms with van der Waals surface area (Å²) in [5, 5.41) is 11.4. The molecular formula is C15H19N3O2. The molecule has 0 unspecified atom stereocenters. The van der Waals surface area contributed by atoms with Gasteiger partial charge in [-0.1, -0.05) is 19.4 Å². The van der Waals surface area contributed by atoms with Gasteiger partial charge in [0.15, 0.2) is 0 Å². The second kappa shape index (κ2) is 7.95. The quantitative estimate of drug-likeness (QED) is 0.807. The smallest absolute Gasteiger partial charge is 0.233 e. The molecule has 1 N–H and O–H groups in total. The number of carbonyl (C=O) groups is 2. The van der Waals surface area contributed by atoms with Gasteiger partial charge in [-0.15, -0.1) is 0 Å². The van der Waals surface area contributed by atoms with Crippen molar-refractivity contribution in [3.63, 3.8) is 0 Å². The highest BCUT2D eigenvalue weighted by molar-refractivity contribution is 6.03. The SMILES string of the molecule is CCCCN(C)C(=O)CC(=O)Nc1cccc(C#N)c1. The van der Waals surface area contributed by atoms with E-state index in [1.807, 2.05) is 13.0 Å². The molecule has 2 amide bonds. The minimum atomic E-state index is -0.367. The zero-order valence-electron chi connectivity index (χ0n) is 11.8. The Kier molecular flexibility index (Phi) is 6.24. The number of hydrogen-bond donors (Lipinski definition) is 1. The van der Waals surface area contributed by atoms with Crippen LogP contribution in [-0.2, 0) is 9.59 Å². The van der Waals surface area contributed by atoms with E-state index in [1.165, 1.54) is 0 Å². The van der Waals surface area contributed by atoms with Gasteiger partial charge < -0.3 is 10.2 Å². The van der Waals surface area contributed by atoms with Crippen LogP contribution in [0, 0.1) is 11.3 Å². The molecule has 0 bridgehead atoms.